The number of thiazole rings is 1. The molecule has 0 radical (unpaired) electrons. The fraction of sp³-hybridized carbons (Fsp3) is 0.118. The Morgan fingerprint density at radius 1 is 1.12 bits per heavy atom. The Morgan fingerprint density at radius 2 is 2.00 bits per heavy atom. The average molecular weight is 378 g/mol. The van der Waals surface area contributed by atoms with Crippen LogP contribution in [0.15, 0.2) is 48.0 Å². The van der Waals surface area contributed by atoms with Gasteiger partial charge in [0.05, 0.1) is 32.0 Å². The summed E-state index contributed by atoms with van der Waals surface area (Å²) >= 11 is 13.5. The zero-order valence-electron chi connectivity index (χ0n) is 12.5. The number of benzene rings is 1. The number of rotatable bonds is 5. The summed E-state index contributed by atoms with van der Waals surface area (Å²) in [6.45, 7) is 0.469. The Balaban J connectivity index is 1.58. The van der Waals surface area contributed by atoms with E-state index in [0.29, 0.717) is 23.6 Å². The number of carbonyl (C=O) groups excluding carboxylic acids is 1. The highest BCUT2D eigenvalue weighted by molar-refractivity contribution is 7.09. The van der Waals surface area contributed by atoms with E-state index in [1.54, 1.807) is 35.7 Å². The summed E-state index contributed by atoms with van der Waals surface area (Å²) in [6, 6.07) is 10.7. The van der Waals surface area contributed by atoms with Gasteiger partial charge in [-0.05, 0) is 24.3 Å². The van der Waals surface area contributed by atoms with Gasteiger partial charge < -0.3 is 5.32 Å². The van der Waals surface area contributed by atoms with Crippen LogP contribution in [0, 0.1) is 0 Å². The van der Waals surface area contributed by atoms with Crippen LogP contribution in [-0.4, -0.2) is 22.4 Å². The Labute approximate surface area is 153 Å². The third-order valence-corrected chi connectivity index (χ3v) is 5.03. The summed E-state index contributed by atoms with van der Waals surface area (Å²) in [5, 5.41) is 6.37. The van der Waals surface area contributed by atoms with E-state index in [4.69, 9.17) is 23.2 Å². The second-order valence-electron chi connectivity index (χ2n) is 4.95. The van der Waals surface area contributed by atoms with Crippen LogP contribution in [0.5, 0.6) is 0 Å². The summed E-state index contributed by atoms with van der Waals surface area (Å²) in [4.78, 5) is 21.0. The van der Waals surface area contributed by atoms with E-state index in [-0.39, 0.29) is 10.9 Å². The number of nitrogens with zero attached hydrogens (tertiary/aromatic N) is 2. The first kappa shape index (κ1) is 16.9. The summed E-state index contributed by atoms with van der Waals surface area (Å²) in [5.41, 5.74) is 2.06. The van der Waals surface area contributed by atoms with Crippen LogP contribution in [0.4, 0.5) is 0 Å². The standard InChI is InChI=1S/C17H13Cl2N3OS/c18-12-5-3-4-11(16(12)19)17(23)21-9-7-15-22-14(10-24-15)13-6-1-2-8-20-13/h1-6,8,10H,7,9H2,(H,21,23). The molecule has 4 nitrogen and oxygen atoms in total. The molecule has 2 aromatic heterocycles. The van der Waals surface area contributed by atoms with Crippen molar-refractivity contribution < 1.29 is 4.79 Å². The smallest absolute Gasteiger partial charge is 0.252 e. The molecule has 24 heavy (non-hydrogen) atoms. The highest BCUT2D eigenvalue weighted by Gasteiger charge is 2.12. The van der Waals surface area contributed by atoms with Gasteiger partial charge in [-0.15, -0.1) is 11.3 Å². The molecule has 0 atom stereocenters. The number of halogens is 2. The summed E-state index contributed by atoms with van der Waals surface area (Å²) in [5.74, 6) is -0.246. The molecule has 1 amide bonds. The maximum atomic E-state index is 12.2. The van der Waals surface area contributed by atoms with E-state index in [1.165, 1.54) is 0 Å². The van der Waals surface area contributed by atoms with Crippen molar-refractivity contribution in [2.45, 2.75) is 6.42 Å². The minimum Gasteiger partial charge on any atom is -0.352 e. The van der Waals surface area contributed by atoms with Crippen molar-refractivity contribution in [3.8, 4) is 11.4 Å². The fourth-order valence-corrected chi connectivity index (χ4v) is 3.29. The molecule has 0 spiro atoms. The molecule has 2 heterocycles. The second-order valence-corrected chi connectivity index (χ2v) is 6.68. The molecule has 0 aliphatic heterocycles. The molecular formula is C17H13Cl2N3OS. The molecule has 0 aliphatic rings. The Morgan fingerprint density at radius 3 is 2.79 bits per heavy atom. The van der Waals surface area contributed by atoms with Crippen molar-refractivity contribution in [1.82, 2.24) is 15.3 Å². The Kier molecular flexibility index (Phi) is 5.45. The lowest BCUT2D eigenvalue weighted by molar-refractivity contribution is 0.0954. The van der Waals surface area contributed by atoms with Gasteiger partial charge in [0.15, 0.2) is 0 Å². The molecule has 1 N–H and O–H groups in total. The van der Waals surface area contributed by atoms with Crippen LogP contribution in [-0.2, 0) is 6.42 Å². The van der Waals surface area contributed by atoms with Crippen LogP contribution in [0.25, 0.3) is 11.4 Å². The number of aromatic nitrogens is 2. The SMILES string of the molecule is O=C(NCCc1nc(-c2ccccn2)cs1)c1cccc(Cl)c1Cl. The first-order chi connectivity index (χ1) is 11.6. The van der Waals surface area contributed by atoms with Gasteiger partial charge in [0.25, 0.3) is 5.91 Å². The first-order valence-electron chi connectivity index (χ1n) is 7.23. The molecule has 3 rings (SSSR count). The highest BCUT2D eigenvalue weighted by atomic mass is 35.5. The lowest BCUT2D eigenvalue weighted by Crippen LogP contribution is -2.26. The van der Waals surface area contributed by atoms with Gasteiger partial charge in [0, 0.05) is 24.5 Å². The molecule has 0 fully saturated rings. The molecule has 0 aliphatic carbocycles. The number of nitrogens with one attached hydrogen (secondary N) is 1. The van der Waals surface area contributed by atoms with E-state index >= 15 is 0 Å². The van der Waals surface area contributed by atoms with Crippen molar-refractivity contribution in [2.75, 3.05) is 6.54 Å². The molecule has 3 aromatic rings. The first-order valence-corrected chi connectivity index (χ1v) is 8.86. The molecule has 1 aromatic carbocycles. The van der Waals surface area contributed by atoms with Gasteiger partial charge in [-0.2, -0.15) is 0 Å². The van der Waals surface area contributed by atoms with Crippen molar-refractivity contribution in [3.63, 3.8) is 0 Å². The number of pyridine rings is 1. The molecule has 0 saturated heterocycles. The molecule has 7 heteroatoms. The van der Waals surface area contributed by atoms with E-state index in [1.807, 2.05) is 23.6 Å². The van der Waals surface area contributed by atoms with Crippen LogP contribution >= 0.6 is 34.5 Å². The molecular weight excluding hydrogens is 365 g/mol. The summed E-state index contributed by atoms with van der Waals surface area (Å²) < 4.78 is 0. The normalized spacial score (nSPS) is 10.6. The molecule has 0 unspecified atom stereocenters. The third-order valence-electron chi connectivity index (χ3n) is 3.30. The predicted molar refractivity (Wildman–Crippen MR) is 97.8 cm³/mol. The van der Waals surface area contributed by atoms with Gasteiger partial charge in [0.2, 0.25) is 0 Å². The van der Waals surface area contributed by atoms with Crippen LogP contribution in [0.1, 0.15) is 15.4 Å². The lowest BCUT2D eigenvalue weighted by atomic mass is 10.2. The highest BCUT2D eigenvalue weighted by Crippen LogP contribution is 2.25. The summed E-state index contributed by atoms with van der Waals surface area (Å²) in [6.07, 6.45) is 2.38. The summed E-state index contributed by atoms with van der Waals surface area (Å²) in [7, 11) is 0. The number of carbonyl (C=O) groups is 1. The molecule has 0 bridgehead atoms. The van der Waals surface area contributed by atoms with Crippen LogP contribution < -0.4 is 5.32 Å². The van der Waals surface area contributed by atoms with Gasteiger partial charge >= 0.3 is 0 Å². The van der Waals surface area contributed by atoms with E-state index in [9.17, 15) is 4.79 Å². The van der Waals surface area contributed by atoms with Crippen molar-refractivity contribution in [2.24, 2.45) is 0 Å². The predicted octanol–water partition coefficient (Wildman–Crippen LogP) is 4.48. The van der Waals surface area contributed by atoms with Gasteiger partial charge in [-0.25, -0.2) is 4.98 Å². The Bertz CT molecular complexity index is 852. The van der Waals surface area contributed by atoms with Crippen molar-refractivity contribution in [1.29, 1.82) is 0 Å². The minimum atomic E-state index is -0.246. The van der Waals surface area contributed by atoms with Crippen LogP contribution in [0.2, 0.25) is 10.0 Å². The molecule has 122 valence electrons. The Hall–Kier alpha value is -1.95. The number of amides is 1. The lowest BCUT2D eigenvalue weighted by Gasteiger charge is -2.06. The zero-order valence-corrected chi connectivity index (χ0v) is 14.8. The van der Waals surface area contributed by atoms with E-state index in [2.05, 4.69) is 15.3 Å². The maximum Gasteiger partial charge on any atom is 0.252 e. The van der Waals surface area contributed by atoms with Gasteiger partial charge in [-0.3, -0.25) is 9.78 Å². The maximum absolute atomic E-state index is 12.2. The molecule has 0 saturated carbocycles. The number of hydrogen-bond donors (Lipinski definition) is 1. The number of hydrogen-bond acceptors (Lipinski definition) is 4. The minimum absolute atomic E-state index is 0.246. The van der Waals surface area contributed by atoms with Gasteiger partial charge in [0.1, 0.15) is 0 Å². The van der Waals surface area contributed by atoms with Crippen molar-refractivity contribution >= 4 is 40.4 Å². The quantitative estimate of drug-likeness (QED) is 0.712. The van der Waals surface area contributed by atoms with E-state index in [0.717, 1.165) is 16.4 Å². The van der Waals surface area contributed by atoms with Gasteiger partial charge in [-0.1, -0.05) is 35.3 Å². The average Bonchev–Trinajstić information content (AvgIpc) is 3.07. The monoisotopic (exact) mass is 377 g/mol. The van der Waals surface area contributed by atoms with Crippen LogP contribution in [0.3, 0.4) is 0 Å². The topological polar surface area (TPSA) is 54.9 Å². The van der Waals surface area contributed by atoms with Crippen molar-refractivity contribution in [3.05, 3.63) is 68.6 Å². The zero-order chi connectivity index (χ0) is 16.9. The third kappa shape index (κ3) is 3.93. The second kappa shape index (κ2) is 7.75. The fourth-order valence-electron chi connectivity index (χ4n) is 2.11. The largest absolute Gasteiger partial charge is 0.352 e. The van der Waals surface area contributed by atoms with E-state index < -0.39 is 0 Å².